The van der Waals surface area contributed by atoms with E-state index in [1.54, 1.807) is 165 Å². The molecule has 0 aliphatic carbocycles. The highest BCUT2D eigenvalue weighted by molar-refractivity contribution is 5.98. The summed E-state index contributed by atoms with van der Waals surface area (Å²) in [6, 6.07) is 6.62. The Kier molecular flexibility index (Phi) is 29.6. The number of amides is 8. The minimum atomic E-state index is -1.76. The lowest BCUT2D eigenvalue weighted by atomic mass is 9.95. The SMILES string of the molecule is CC[C@](C)(NC(=O)[C@H](Cc1ccc(OC(C)(C)C)cc1)NC(=O)OC(C)(C)C)C(=O)N[C@@H](CCC(=O)OC(C)(C)C)C(=O)NCC(=O)N[C@H](C(=O)N[C@@H](Cc1ccccc1)C(=O)N[C@H](C(=O)N[C@@H](COC(C)(C)C)C(=O)O)[C@@H](C)OC(C)(C)C)[C@@H](C)OC(C)(C)C. The number of ether oxygens (including phenoxy) is 6. The fourth-order valence-corrected chi connectivity index (χ4v) is 8.75. The van der Waals surface area contributed by atoms with Crippen LogP contribution in [-0.2, 0) is 79.7 Å². The number of nitrogens with one attached hydrogen (secondary N) is 8. The van der Waals surface area contributed by atoms with E-state index < -0.39 is 160 Å². The Morgan fingerprint density at radius 1 is 0.484 bits per heavy atom. The van der Waals surface area contributed by atoms with E-state index >= 15 is 0 Å². The molecule has 0 fully saturated rings. The van der Waals surface area contributed by atoms with Gasteiger partial charge in [-0.2, -0.15) is 0 Å². The van der Waals surface area contributed by atoms with Crippen molar-refractivity contribution >= 4 is 59.4 Å². The molecular formula is C66H106N8O17. The quantitative estimate of drug-likeness (QED) is 0.0403. The highest BCUT2D eigenvalue weighted by atomic mass is 16.6. The molecule has 0 unspecified atom stereocenters. The standard InChI is InChI=1S/C66H106N8O17/c1-23-66(22,74-54(79)46(71-59(85)91-65(19,20)21)36-42-29-31-43(32-30-42)89-63(13,14)15)58(84)70-44(33-34-49(76)90-64(16,17)18)52(77)67-37-48(75)72-50(39(2)87-61(7,8)9)55(80)68-45(35-41-27-25-24-26-28-41)53(78)73-51(40(3)88-62(10,11)12)56(81)69-47(57(82)83)38-86-60(4,5)6/h24-32,39-40,44-47,50-51H,23,33-38H2,1-22H3,(H,67,77)(H,68,80)(H,69,81)(H,70,84)(H,71,85)(H,72,75)(H,73,78)(H,74,79)(H,82,83)/t39-,40-,44+,45+,46+,47+,50+,51+,66+/m1/s1. The van der Waals surface area contributed by atoms with Crippen molar-refractivity contribution in [3.05, 3.63) is 65.7 Å². The van der Waals surface area contributed by atoms with Gasteiger partial charge in [0.15, 0.2) is 6.04 Å². The molecule has 9 N–H and O–H groups in total. The van der Waals surface area contributed by atoms with Crippen molar-refractivity contribution in [1.82, 2.24) is 42.5 Å². The van der Waals surface area contributed by atoms with E-state index in [0.717, 1.165) is 0 Å². The molecule has 0 aliphatic rings. The lowest BCUT2D eigenvalue weighted by molar-refractivity contribution is -0.155. The number of aliphatic carboxylic acids is 1. The molecule has 8 amide bonds. The number of carboxylic acid groups (broad SMARTS) is 1. The van der Waals surface area contributed by atoms with E-state index in [-0.39, 0.29) is 32.1 Å². The fourth-order valence-electron chi connectivity index (χ4n) is 8.75. The Bertz CT molecular complexity index is 2770. The van der Waals surface area contributed by atoms with Gasteiger partial charge in [-0.25, -0.2) is 9.59 Å². The summed E-state index contributed by atoms with van der Waals surface area (Å²) >= 11 is 0. The summed E-state index contributed by atoms with van der Waals surface area (Å²) in [7, 11) is 0. The van der Waals surface area contributed by atoms with Crippen molar-refractivity contribution in [2.24, 2.45) is 0 Å². The van der Waals surface area contributed by atoms with E-state index in [1.165, 1.54) is 20.8 Å². The third-order valence-corrected chi connectivity index (χ3v) is 12.9. The van der Waals surface area contributed by atoms with E-state index in [9.17, 15) is 53.1 Å². The summed E-state index contributed by atoms with van der Waals surface area (Å²) < 4.78 is 34.9. The van der Waals surface area contributed by atoms with Crippen LogP contribution < -0.4 is 47.3 Å². The molecule has 25 nitrogen and oxygen atoms in total. The Morgan fingerprint density at radius 3 is 1.43 bits per heavy atom. The number of hydrogen-bond donors (Lipinski definition) is 9. The molecule has 2 aromatic rings. The average molecular weight is 1280 g/mol. The van der Waals surface area contributed by atoms with Crippen LogP contribution in [0.5, 0.6) is 5.75 Å². The van der Waals surface area contributed by atoms with Crippen LogP contribution in [0.1, 0.15) is 183 Å². The number of carbonyl (C=O) groups is 10. The van der Waals surface area contributed by atoms with Crippen LogP contribution in [0.2, 0.25) is 0 Å². The molecule has 0 heterocycles. The average Bonchev–Trinajstić information content (AvgIpc) is 0.873. The summed E-state index contributed by atoms with van der Waals surface area (Å²) in [6.45, 7) is 35.9. The normalized spacial score (nSPS) is 15.6. The van der Waals surface area contributed by atoms with E-state index in [4.69, 9.17) is 28.4 Å². The zero-order chi connectivity index (χ0) is 69.8. The van der Waals surface area contributed by atoms with Gasteiger partial charge >= 0.3 is 18.0 Å². The van der Waals surface area contributed by atoms with Gasteiger partial charge in [0.05, 0.1) is 42.2 Å². The second kappa shape index (κ2) is 33.8. The first-order chi connectivity index (χ1) is 41.5. The monoisotopic (exact) mass is 1280 g/mol. The largest absolute Gasteiger partial charge is 0.488 e. The summed E-state index contributed by atoms with van der Waals surface area (Å²) in [4.78, 5) is 139. The zero-order valence-corrected chi connectivity index (χ0v) is 57.7. The minimum Gasteiger partial charge on any atom is -0.488 e. The molecule has 2 rings (SSSR count). The van der Waals surface area contributed by atoms with Gasteiger partial charge in [0.1, 0.15) is 58.3 Å². The summed E-state index contributed by atoms with van der Waals surface area (Å²) in [5.41, 5.74) is -5.39. The number of hydrogen-bond acceptors (Lipinski definition) is 16. The van der Waals surface area contributed by atoms with Crippen LogP contribution in [0.25, 0.3) is 0 Å². The zero-order valence-electron chi connectivity index (χ0n) is 57.7. The van der Waals surface area contributed by atoms with Crippen molar-refractivity contribution in [3.63, 3.8) is 0 Å². The molecule has 91 heavy (non-hydrogen) atoms. The first-order valence-electron chi connectivity index (χ1n) is 30.8. The van der Waals surface area contributed by atoms with Gasteiger partial charge in [-0.3, -0.25) is 38.4 Å². The van der Waals surface area contributed by atoms with Crippen molar-refractivity contribution in [2.45, 2.75) is 272 Å². The van der Waals surface area contributed by atoms with E-state index in [0.29, 0.717) is 16.9 Å². The third kappa shape index (κ3) is 32.0. The molecule has 0 saturated carbocycles. The second-order valence-electron chi connectivity index (χ2n) is 28.8. The van der Waals surface area contributed by atoms with Gasteiger partial charge in [-0.05, 0) is 181 Å². The number of benzene rings is 2. The van der Waals surface area contributed by atoms with Crippen LogP contribution in [0.3, 0.4) is 0 Å². The number of alkyl carbamates (subject to hydrolysis) is 1. The predicted molar refractivity (Wildman–Crippen MR) is 342 cm³/mol. The Balaban J connectivity index is 2.57. The third-order valence-electron chi connectivity index (χ3n) is 12.9. The number of esters is 1. The Morgan fingerprint density at radius 2 is 0.967 bits per heavy atom. The van der Waals surface area contributed by atoms with Gasteiger partial charge in [-0.15, -0.1) is 0 Å². The minimum absolute atomic E-state index is 0.0426. The fraction of sp³-hybridized carbons (Fsp3) is 0.667. The van der Waals surface area contributed by atoms with Gasteiger partial charge < -0.3 is 76.1 Å². The van der Waals surface area contributed by atoms with Crippen molar-refractivity contribution in [2.75, 3.05) is 13.2 Å². The number of rotatable bonds is 31. The number of carbonyl (C=O) groups excluding carboxylic acids is 9. The molecule has 512 valence electrons. The van der Waals surface area contributed by atoms with Crippen molar-refractivity contribution in [1.29, 1.82) is 0 Å². The van der Waals surface area contributed by atoms with Crippen LogP contribution in [0.15, 0.2) is 54.6 Å². The second-order valence-corrected chi connectivity index (χ2v) is 28.8. The molecule has 0 aliphatic heterocycles. The van der Waals surface area contributed by atoms with Crippen LogP contribution in [0, 0.1) is 0 Å². The molecular weight excluding hydrogens is 1180 g/mol. The van der Waals surface area contributed by atoms with Crippen LogP contribution in [0.4, 0.5) is 4.79 Å². The number of carboxylic acids is 1. The van der Waals surface area contributed by atoms with Gasteiger partial charge in [0.2, 0.25) is 41.4 Å². The molecule has 0 saturated heterocycles. The van der Waals surface area contributed by atoms with Gasteiger partial charge in [-0.1, -0.05) is 49.4 Å². The van der Waals surface area contributed by atoms with Gasteiger partial charge in [0, 0.05) is 19.3 Å². The molecule has 9 atom stereocenters. The van der Waals surface area contributed by atoms with Crippen molar-refractivity contribution in [3.8, 4) is 5.75 Å². The van der Waals surface area contributed by atoms with E-state index in [2.05, 4.69) is 42.5 Å². The highest BCUT2D eigenvalue weighted by Gasteiger charge is 2.41. The smallest absolute Gasteiger partial charge is 0.408 e. The molecule has 0 aromatic heterocycles. The maximum Gasteiger partial charge on any atom is 0.408 e. The Hall–Kier alpha value is -7.38. The lowest BCUT2D eigenvalue weighted by Crippen LogP contribution is -2.63. The first-order valence-corrected chi connectivity index (χ1v) is 30.8. The lowest BCUT2D eigenvalue weighted by Gasteiger charge is -2.33. The Labute approximate surface area is 538 Å². The molecule has 2 aromatic carbocycles. The maximum absolute atomic E-state index is 14.7. The summed E-state index contributed by atoms with van der Waals surface area (Å²) in [5, 5.41) is 31.0. The van der Waals surface area contributed by atoms with Crippen molar-refractivity contribution < 1.29 is 81.5 Å². The van der Waals surface area contributed by atoms with Gasteiger partial charge in [0.25, 0.3) is 0 Å². The molecule has 0 radical (unpaired) electrons. The molecule has 25 heteroatoms. The topological polar surface area (TPSA) is 343 Å². The maximum atomic E-state index is 14.7. The summed E-state index contributed by atoms with van der Waals surface area (Å²) in [6.07, 6.45) is -4.04. The van der Waals surface area contributed by atoms with E-state index in [1.807, 2.05) is 20.8 Å². The molecule has 0 bridgehead atoms. The highest BCUT2D eigenvalue weighted by Crippen LogP contribution is 2.22. The molecule has 0 spiro atoms. The predicted octanol–water partition coefficient (Wildman–Crippen LogP) is 5.80. The summed E-state index contributed by atoms with van der Waals surface area (Å²) in [5.74, 6) is -7.78. The van der Waals surface area contributed by atoms with Crippen LogP contribution in [-0.4, -0.2) is 165 Å². The van der Waals surface area contributed by atoms with Crippen LogP contribution >= 0.6 is 0 Å². The first kappa shape index (κ1) is 79.7.